The average Bonchev–Trinajstić information content (AvgIpc) is 3.25. The number of carbonyl (C=O) groups is 1. The first-order chi connectivity index (χ1) is 15.8. The van der Waals surface area contributed by atoms with Crippen molar-refractivity contribution >= 4 is 17.2 Å². The van der Waals surface area contributed by atoms with Gasteiger partial charge in [-0.3, -0.25) is 9.59 Å². The lowest BCUT2D eigenvalue weighted by atomic mass is 10.0. The van der Waals surface area contributed by atoms with E-state index in [1.807, 2.05) is 20.8 Å². The second-order valence-electron chi connectivity index (χ2n) is 7.84. The first-order valence-corrected chi connectivity index (χ1v) is 11.6. The molecule has 0 spiro atoms. The van der Waals surface area contributed by atoms with Crippen LogP contribution in [-0.4, -0.2) is 56.5 Å². The smallest absolute Gasteiger partial charge is 0.274 e. The van der Waals surface area contributed by atoms with Gasteiger partial charge in [0, 0.05) is 25.8 Å². The molecule has 4 rings (SSSR count). The summed E-state index contributed by atoms with van der Waals surface area (Å²) in [6.45, 7) is 6.93. The minimum atomic E-state index is -0.667. The molecule has 3 aromatic rings. The zero-order valence-electron chi connectivity index (χ0n) is 18.6. The number of likely N-dealkylation sites (N-methyl/N-ethyl adjacent to an activating group) is 1. The first kappa shape index (κ1) is 23.1. The van der Waals surface area contributed by atoms with Crippen molar-refractivity contribution < 1.29 is 19.0 Å². The number of nitrogens with zero attached hydrogens (tertiary/aromatic N) is 4. The van der Waals surface area contributed by atoms with Crippen molar-refractivity contribution in [2.24, 2.45) is 0 Å². The quantitative estimate of drug-likeness (QED) is 0.567. The molecule has 1 aliphatic rings. The Bertz CT molecular complexity index is 1220. The Labute approximate surface area is 194 Å². The molecule has 0 aliphatic carbocycles. The highest BCUT2D eigenvalue weighted by Gasteiger charge is 2.39. The molecule has 1 amide bonds. The third-order valence-corrected chi connectivity index (χ3v) is 6.84. The number of carbonyl (C=O) groups excluding carboxylic acids is 1. The number of hydrogen-bond acceptors (Lipinski definition) is 7. The van der Waals surface area contributed by atoms with E-state index >= 15 is 0 Å². The van der Waals surface area contributed by atoms with Gasteiger partial charge in [-0.2, -0.15) is 0 Å². The molecule has 0 saturated carbocycles. The fourth-order valence-corrected chi connectivity index (χ4v) is 4.99. The van der Waals surface area contributed by atoms with Crippen molar-refractivity contribution in [1.29, 1.82) is 0 Å². The van der Waals surface area contributed by atoms with Gasteiger partial charge in [-0.25, -0.2) is 4.39 Å². The molecular weight excluding hydrogens is 447 g/mol. The topological polar surface area (TPSA) is 97.6 Å². The third-order valence-electron chi connectivity index (χ3n) is 5.88. The molecule has 1 aliphatic heterocycles. The summed E-state index contributed by atoms with van der Waals surface area (Å²) in [4.78, 5) is 27.7. The maximum atomic E-state index is 13.2. The minimum Gasteiger partial charge on any atom is -0.503 e. The van der Waals surface area contributed by atoms with Gasteiger partial charge < -0.3 is 19.3 Å². The van der Waals surface area contributed by atoms with Crippen LogP contribution in [0.5, 0.6) is 5.75 Å². The molecule has 8 nitrogen and oxygen atoms in total. The number of pyridine rings is 1. The van der Waals surface area contributed by atoms with Crippen molar-refractivity contribution in [1.82, 2.24) is 19.7 Å². The van der Waals surface area contributed by atoms with Crippen LogP contribution in [-0.2, 0) is 11.2 Å². The predicted molar refractivity (Wildman–Crippen MR) is 122 cm³/mol. The number of rotatable bonds is 7. The first-order valence-electron chi connectivity index (χ1n) is 10.8. The van der Waals surface area contributed by atoms with Gasteiger partial charge >= 0.3 is 0 Å². The summed E-state index contributed by atoms with van der Waals surface area (Å²) in [6, 6.07) is 5.61. The van der Waals surface area contributed by atoms with Crippen molar-refractivity contribution in [3.8, 4) is 16.3 Å². The number of hydrogen-bond donors (Lipinski definition) is 1. The summed E-state index contributed by atoms with van der Waals surface area (Å²) in [5.74, 6) is -1.31. The highest BCUT2D eigenvalue weighted by molar-refractivity contribution is 7.14. The van der Waals surface area contributed by atoms with Crippen LogP contribution in [0.25, 0.3) is 10.6 Å². The van der Waals surface area contributed by atoms with Crippen LogP contribution < -0.4 is 5.43 Å². The van der Waals surface area contributed by atoms with Crippen LogP contribution in [0.3, 0.4) is 0 Å². The molecule has 0 unspecified atom stereocenters. The van der Waals surface area contributed by atoms with Crippen molar-refractivity contribution in [2.45, 2.75) is 39.3 Å². The lowest BCUT2D eigenvalue weighted by molar-refractivity contribution is 0.0353. The van der Waals surface area contributed by atoms with Crippen LogP contribution in [0.1, 0.15) is 47.9 Å². The van der Waals surface area contributed by atoms with E-state index in [0.29, 0.717) is 36.2 Å². The molecule has 0 fully saturated rings. The molecule has 2 atom stereocenters. The number of benzene rings is 1. The number of amides is 1. The summed E-state index contributed by atoms with van der Waals surface area (Å²) >= 11 is 1.22. The zero-order valence-corrected chi connectivity index (χ0v) is 19.4. The SMILES string of the molecule is CCOC[C@@H]1[C@@H](C)N(CC)C(=O)c2c(O)c(=O)c(-c3nnc(Cc4ccc(F)cc4)s3)cn21. The van der Waals surface area contributed by atoms with E-state index in [0.717, 1.165) is 5.56 Å². The van der Waals surface area contributed by atoms with Crippen LogP contribution in [0.4, 0.5) is 4.39 Å². The summed E-state index contributed by atoms with van der Waals surface area (Å²) in [5.41, 5.74) is 0.329. The number of aromatic nitrogens is 3. The molecule has 3 heterocycles. The van der Waals surface area contributed by atoms with Gasteiger partial charge in [0.2, 0.25) is 5.43 Å². The van der Waals surface area contributed by atoms with Gasteiger partial charge in [0.05, 0.1) is 24.3 Å². The van der Waals surface area contributed by atoms with Gasteiger partial charge in [-0.05, 0) is 38.5 Å². The summed E-state index contributed by atoms with van der Waals surface area (Å²) in [5, 5.41) is 20.1. The normalized spacial score (nSPS) is 17.9. The Morgan fingerprint density at radius 3 is 2.58 bits per heavy atom. The van der Waals surface area contributed by atoms with Crippen LogP contribution >= 0.6 is 11.3 Å². The van der Waals surface area contributed by atoms with Crippen molar-refractivity contribution in [3.63, 3.8) is 0 Å². The van der Waals surface area contributed by atoms with E-state index in [2.05, 4.69) is 10.2 Å². The fraction of sp³-hybridized carbons (Fsp3) is 0.391. The van der Waals surface area contributed by atoms with Crippen LogP contribution in [0, 0.1) is 5.82 Å². The molecule has 1 aromatic carbocycles. The van der Waals surface area contributed by atoms with E-state index in [-0.39, 0.29) is 29.2 Å². The van der Waals surface area contributed by atoms with E-state index in [1.165, 1.54) is 23.5 Å². The number of halogens is 1. The highest BCUT2D eigenvalue weighted by Crippen LogP contribution is 2.33. The van der Waals surface area contributed by atoms with Gasteiger partial charge in [0.25, 0.3) is 5.91 Å². The van der Waals surface area contributed by atoms with Crippen molar-refractivity contribution in [3.05, 3.63) is 62.8 Å². The Kier molecular flexibility index (Phi) is 6.57. The monoisotopic (exact) mass is 472 g/mol. The average molecular weight is 473 g/mol. The Balaban J connectivity index is 1.76. The predicted octanol–water partition coefficient (Wildman–Crippen LogP) is 3.24. The van der Waals surface area contributed by atoms with Gasteiger partial charge in [-0.15, -0.1) is 10.2 Å². The lowest BCUT2D eigenvalue weighted by Gasteiger charge is -2.41. The molecule has 174 valence electrons. The zero-order chi connectivity index (χ0) is 23.7. The molecule has 1 N–H and O–H groups in total. The molecule has 10 heteroatoms. The van der Waals surface area contributed by atoms with Gasteiger partial charge in [-0.1, -0.05) is 23.5 Å². The van der Waals surface area contributed by atoms with E-state index in [1.54, 1.807) is 27.8 Å². The standard InChI is InChI=1S/C23H25FN4O4S/c1-4-27-13(3)17(12-32-5-2)28-11-16(20(29)21(30)19(28)23(27)31)22-26-25-18(33-22)10-14-6-8-15(24)9-7-14/h6-9,11,13,17,30H,4-5,10,12H2,1-3H3/t13-,17-/m1/s1. The molecular formula is C23H25FN4O4S. The third kappa shape index (κ3) is 4.28. The van der Waals surface area contributed by atoms with Crippen LogP contribution in [0.2, 0.25) is 0 Å². The minimum absolute atomic E-state index is 0.0375. The van der Waals surface area contributed by atoms with Crippen LogP contribution in [0.15, 0.2) is 35.3 Å². The fourth-order valence-electron chi connectivity index (χ4n) is 4.11. The molecule has 0 radical (unpaired) electrons. The van der Waals surface area contributed by atoms with E-state index in [9.17, 15) is 19.1 Å². The Hall–Kier alpha value is -3.11. The number of aromatic hydroxyl groups is 1. The summed E-state index contributed by atoms with van der Waals surface area (Å²) in [7, 11) is 0. The highest BCUT2D eigenvalue weighted by atomic mass is 32.1. The summed E-state index contributed by atoms with van der Waals surface area (Å²) < 4.78 is 20.5. The second-order valence-corrected chi connectivity index (χ2v) is 8.90. The molecule has 0 bridgehead atoms. The Morgan fingerprint density at radius 2 is 1.91 bits per heavy atom. The van der Waals surface area contributed by atoms with E-state index < -0.39 is 17.1 Å². The van der Waals surface area contributed by atoms with Gasteiger partial charge in [0.1, 0.15) is 10.8 Å². The number of fused-ring (bicyclic) bond motifs is 1. The summed E-state index contributed by atoms with van der Waals surface area (Å²) in [6.07, 6.45) is 2.01. The van der Waals surface area contributed by atoms with E-state index in [4.69, 9.17) is 4.74 Å². The maximum Gasteiger partial charge on any atom is 0.274 e. The molecule has 0 saturated heterocycles. The lowest BCUT2D eigenvalue weighted by Crippen LogP contribution is -2.51. The van der Waals surface area contributed by atoms with Gasteiger partial charge in [0.15, 0.2) is 16.5 Å². The molecule has 33 heavy (non-hydrogen) atoms. The largest absolute Gasteiger partial charge is 0.503 e. The molecule has 2 aromatic heterocycles. The number of ether oxygens (including phenoxy) is 1. The second kappa shape index (κ2) is 9.40. The maximum absolute atomic E-state index is 13.2. The Morgan fingerprint density at radius 1 is 1.18 bits per heavy atom. The van der Waals surface area contributed by atoms with Crippen molar-refractivity contribution in [2.75, 3.05) is 19.8 Å².